The lowest BCUT2D eigenvalue weighted by Gasteiger charge is -2.09. The summed E-state index contributed by atoms with van der Waals surface area (Å²) in [6, 6.07) is 14.0. The van der Waals surface area contributed by atoms with Crippen molar-refractivity contribution in [2.45, 2.75) is 19.6 Å². The van der Waals surface area contributed by atoms with Gasteiger partial charge in [-0.2, -0.15) is 5.26 Å². The van der Waals surface area contributed by atoms with Crippen LogP contribution in [-0.2, 0) is 19.6 Å². The molecular formula is C16H14ClN3. The predicted molar refractivity (Wildman–Crippen MR) is 80.5 cm³/mol. The first-order valence-electron chi connectivity index (χ1n) is 6.51. The molecular weight excluding hydrogens is 270 g/mol. The Morgan fingerprint density at radius 3 is 2.85 bits per heavy atom. The molecule has 0 amide bonds. The van der Waals surface area contributed by atoms with Gasteiger partial charge in [-0.3, -0.25) is 0 Å². The Hall–Kier alpha value is -2.02. The molecule has 100 valence electrons. The second-order valence-electron chi connectivity index (χ2n) is 4.86. The fourth-order valence-corrected chi connectivity index (χ4v) is 2.59. The Kier molecular flexibility index (Phi) is 3.60. The number of nitrogens with zero attached hydrogens (tertiary/aromatic N) is 1. The lowest BCUT2D eigenvalue weighted by atomic mass is 10.1. The van der Waals surface area contributed by atoms with Crippen molar-refractivity contribution < 1.29 is 0 Å². The third kappa shape index (κ3) is 2.62. The molecule has 1 aliphatic rings. The van der Waals surface area contributed by atoms with Crippen LogP contribution in [0.5, 0.6) is 0 Å². The molecule has 0 bridgehead atoms. The number of anilines is 1. The molecule has 0 atom stereocenters. The van der Waals surface area contributed by atoms with Crippen molar-refractivity contribution in [3.05, 3.63) is 63.7 Å². The molecule has 0 saturated heterocycles. The maximum absolute atomic E-state index is 9.11. The number of hydrogen-bond donors (Lipinski definition) is 2. The molecule has 1 aliphatic heterocycles. The highest BCUT2D eigenvalue weighted by Gasteiger charge is 2.10. The summed E-state index contributed by atoms with van der Waals surface area (Å²) >= 11 is 5.89. The standard InChI is InChI=1S/C16H14ClN3/c17-15-3-4-16(13(6-15)7-18)20-8-11-1-2-12-9-19-10-14(12)5-11/h1-6,19-20H,8-10H2. The minimum absolute atomic E-state index is 0.570. The van der Waals surface area contributed by atoms with Crippen LogP contribution in [0, 0.1) is 11.3 Å². The Labute approximate surface area is 123 Å². The predicted octanol–water partition coefficient (Wildman–Crippen LogP) is 3.43. The zero-order chi connectivity index (χ0) is 13.9. The molecule has 2 N–H and O–H groups in total. The van der Waals surface area contributed by atoms with Crippen LogP contribution >= 0.6 is 11.6 Å². The van der Waals surface area contributed by atoms with Crippen LogP contribution in [0.3, 0.4) is 0 Å². The fraction of sp³-hybridized carbons (Fsp3) is 0.188. The molecule has 20 heavy (non-hydrogen) atoms. The lowest BCUT2D eigenvalue weighted by molar-refractivity contribution is 0.764. The highest BCUT2D eigenvalue weighted by Crippen LogP contribution is 2.22. The number of fused-ring (bicyclic) bond motifs is 1. The van der Waals surface area contributed by atoms with Crippen LogP contribution in [-0.4, -0.2) is 0 Å². The molecule has 0 unspecified atom stereocenters. The summed E-state index contributed by atoms with van der Waals surface area (Å²) in [5.41, 5.74) is 5.33. The first kappa shape index (κ1) is 13.0. The van der Waals surface area contributed by atoms with Gasteiger partial charge in [0.25, 0.3) is 0 Å². The van der Waals surface area contributed by atoms with E-state index in [0.717, 1.165) is 18.8 Å². The van der Waals surface area contributed by atoms with Gasteiger partial charge in [0.2, 0.25) is 0 Å². The molecule has 1 heterocycles. The van der Waals surface area contributed by atoms with Crippen LogP contribution in [0.15, 0.2) is 36.4 Å². The molecule has 0 aliphatic carbocycles. The minimum Gasteiger partial charge on any atom is -0.380 e. The van der Waals surface area contributed by atoms with Gasteiger partial charge >= 0.3 is 0 Å². The van der Waals surface area contributed by atoms with Gasteiger partial charge in [-0.15, -0.1) is 0 Å². The third-order valence-corrected chi connectivity index (χ3v) is 3.72. The average Bonchev–Trinajstić information content (AvgIpc) is 2.93. The lowest BCUT2D eigenvalue weighted by Crippen LogP contribution is -2.02. The number of nitriles is 1. The van der Waals surface area contributed by atoms with Crippen LogP contribution in [0.25, 0.3) is 0 Å². The van der Waals surface area contributed by atoms with E-state index < -0.39 is 0 Å². The number of nitrogens with one attached hydrogen (secondary N) is 2. The van der Waals surface area contributed by atoms with Crippen molar-refractivity contribution >= 4 is 17.3 Å². The number of halogens is 1. The molecule has 0 radical (unpaired) electrons. The quantitative estimate of drug-likeness (QED) is 0.907. The van der Waals surface area contributed by atoms with Crippen molar-refractivity contribution in [2.24, 2.45) is 0 Å². The summed E-state index contributed by atoms with van der Waals surface area (Å²) in [6.45, 7) is 2.59. The Morgan fingerprint density at radius 2 is 2.00 bits per heavy atom. The summed E-state index contributed by atoms with van der Waals surface area (Å²) in [5, 5.41) is 16.3. The van der Waals surface area contributed by atoms with Crippen molar-refractivity contribution in [3.8, 4) is 6.07 Å². The minimum atomic E-state index is 0.570. The number of hydrogen-bond acceptors (Lipinski definition) is 3. The normalized spacial score (nSPS) is 12.8. The molecule has 3 nitrogen and oxygen atoms in total. The van der Waals surface area contributed by atoms with Crippen molar-refractivity contribution in [3.63, 3.8) is 0 Å². The first-order chi connectivity index (χ1) is 9.76. The van der Waals surface area contributed by atoms with E-state index in [1.807, 2.05) is 6.07 Å². The highest BCUT2D eigenvalue weighted by atomic mass is 35.5. The Bertz CT molecular complexity index is 689. The summed E-state index contributed by atoms with van der Waals surface area (Å²) in [7, 11) is 0. The zero-order valence-electron chi connectivity index (χ0n) is 10.9. The van der Waals surface area contributed by atoms with E-state index in [4.69, 9.17) is 16.9 Å². The van der Waals surface area contributed by atoms with Gasteiger partial charge in [-0.05, 0) is 34.9 Å². The smallest absolute Gasteiger partial charge is 0.101 e. The summed E-state index contributed by atoms with van der Waals surface area (Å²) in [4.78, 5) is 0. The molecule has 0 fully saturated rings. The molecule has 0 aromatic heterocycles. The topological polar surface area (TPSA) is 47.9 Å². The first-order valence-corrected chi connectivity index (χ1v) is 6.89. The maximum Gasteiger partial charge on any atom is 0.101 e. The van der Waals surface area contributed by atoms with Crippen LogP contribution in [0.2, 0.25) is 5.02 Å². The maximum atomic E-state index is 9.11. The van der Waals surface area contributed by atoms with Gasteiger partial charge in [0.05, 0.1) is 11.3 Å². The second kappa shape index (κ2) is 5.54. The van der Waals surface area contributed by atoms with Gasteiger partial charge in [0.1, 0.15) is 6.07 Å². The number of benzene rings is 2. The molecule has 3 rings (SSSR count). The summed E-state index contributed by atoms with van der Waals surface area (Å²) < 4.78 is 0. The van der Waals surface area contributed by atoms with E-state index in [-0.39, 0.29) is 0 Å². The zero-order valence-corrected chi connectivity index (χ0v) is 11.7. The van der Waals surface area contributed by atoms with E-state index >= 15 is 0 Å². The van der Waals surface area contributed by atoms with E-state index in [1.54, 1.807) is 12.1 Å². The van der Waals surface area contributed by atoms with Crippen molar-refractivity contribution in [1.29, 1.82) is 5.26 Å². The van der Waals surface area contributed by atoms with E-state index in [0.29, 0.717) is 17.1 Å². The average molecular weight is 284 g/mol. The Balaban J connectivity index is 1.75. The molecule has 2 aromatic rings. The summed E-state index contributed by atoms with van der Waals surface area (Å²) in [5.74, 6) is 0. The van der Waals surface area contributed by atoms with Crippen LogP contribution < -0.4 is 10.6 Å². The van der Waals surface area contributed by atoms with Gasteiger partial charge < -0.3 is 10.6 Å². The number of rotatable bonds is 3. The molecule has 0 saturated carbocycles. The van der Waals surface area contributed by atoms with Gasteiger partial charge in [0.15, 0.2) is 0 Å². The highest BCUT2D eigenvalue weighted by molar-refractivity contribution is 6.30. The largest absolute Gasteiger partial charge is 0.380 e. The third-order valence-electron chi connectivity index (χ3n) is 3.49. The molecule has 4 heteroatoms. The Morgan fingerprint density at radius 1 is 1.15 bits per heavy atom. The van der Waals surface area contributed by atoms with Gasteiger partial charge in [0, 0.05) is 24.7 Å². The van der Waals surface area contributed by atoms with E-state index in [1.165, 1.54) is 16.7 Å². The van der Waals surface area contributed by atoms with Crippen molar-refractivity contribution in [2.75, 3.05) is 5.32 Å². The van der Waals surface area contributed by atoms with Crippen molar-refractivity contribution in [1.82, 2.24) is 5.32 Å². The summed E-state index contributed by atoms with van der Waals surface area (Å²) in [6.07, 6.45) is 0. The SMILES string of the molecule is N#Cc1cc(Cl)ccc1NCc1ccc2c(c1)CNC2. The van der Waals surface area contributed by atoms with E-state index in [9.17, 15) is 0 Å². The second-order valence-corrected chi connectivity index (χ2v) is 5.30. The molecule has 0 spiro atoms. The van der Waals surface area contributed by atoms with Crippen LogP contribution in [0.1, 0.15) is 22.3 Å². The molecule has 2 aromatic carbocycles. The van der Waals surface area contributed by atoms with Crippen LogP contribution in [0.4, 0.5) is 5.69 Å². The fourth-order valence-electron chi connectivity index (χ4n) is 2.42. The monoisotopic (exact) mass is 283 g/mol. The van der Waals surface area contributed by atoms with E-state index in [2.05, 4.69) is 34.9 Å². The van der Waals surface area contributed by atoms with Gasteiger partial charge in [-0.1, -0.05) is 29.8 Å². The van der Waals surface area contributed by atoms with Gasteiger partial charge in [-0.25, -0.2) is 0 Å².